The predicted molar refractivity (Wildman–Crippen MR) is 293 cm³/mol. The summed E-state index contributed by atoms with van der Waals surface area (Å²) >= 11 is 0. The summed E-state index contributed by atoms with van der Waals surface area (Å²) in [5.74, 6) is 1.38. The van der Waals surface area contributed by atoms with Gasteiger partial charge in [0.25, 0.3) is 0 Å². The third kappa shape index (κ3) is 9.54. The molecule has 0 bridgehead atoms. The van der Waals surface area contributed by atoms with Gasteiger partial charge >= 0.3 is 0 Å². The van der Waals surface area contributed by atoms with Crippen molar-refractivity contribution in [2.24, 2.45) is 5.41 Å². The fraction of sp³-hybridized carbons (Fsp3) is 0.262. The van der Waals surface area contributed by atoms with Crippen molar-refractivity contribution in [2.75, 3.05) is 0 Å². The van der Waals surface area contributed by atoms with Gasteiger partial charge in [-0.1, -0.05) is 208 Å². The van der Waals surface area contributed by atoms with Gasteiger partial charge in [-0.05, 0) is 86.7 Å². The maximum Gasteiger partial charge on any atom is 0.148 e. The summed E-state index contributed by atoms with van der Waals surface area (Å²) in [6, 6.07) is 52.9. The van der Waals surface area contributed by atoms with Crippen molar-refractivity contribution in [2.45, 2.75) is 106 Å². The van der Waals surface area contributed by atoms with Crippen molar-refractivity contribution in [3.05, 3.63) is 180 Å². The van der Waals surface area contributed by atoms with Crippen LogP contribution in [0, 0.1) is 11.5 Å². The second-order valence-corrected chi connectivity index (χ2v) is 23.4. The number of hydrogen-bond acceptors (Lipinski definition) is 4. The van der Waals surface area contributed by atoms with Crippen molar-refractivity contribution in [1.29, 1.82) is 0 Å². The molecule has 0 aliphatic rings. The number of para-hydroxylation sites is 1. The van der Waals surface area contributed by atoms with Gasteiger partial charge in [0.15, 0.2) is 0 Å². The molecule has 0 unspecified atom stereocenters. The minimum Gasteiger partial charge on any atom is -0.507 e. The summed E-state index contributed by atoms with van der Waals surface area (Å²) in [7, 11) is 0. The Morgan fingerprint density at radius 3 is 2.01 bits per heavy atom. The van der Waals surface area contributed by atoms with Crippen molar-refractivity contribution < 1.29 is 32.0 Å². The van der Waals surface area contributed by atoms with Gasteiger partial charge in [0.1, 0.15) is 22.9 Å². The number of aromatic hydroxyl groups is 1. The van der Waals surface area contributed by atoms with Crippen LogP contribution in [0.5, 0.6) is 5.75 Å². The van der Waals surface area contributed by atoms with Crippen LogP contribution in [0.4, 0.5) is 0 Å². The Labute approximate surface area is 435 Å². The van der Waals surface area contributed by atoms with E-state index in [1.165, 1.54) is 11.1 Å². The molecule has 0 amide bonds. The molecular weight excluding hydrogens is 1050 g/mol. The Kier molecular flexibility index (Phi) is 12.4. The number of benzene rings is 7. The molecule has 10 rings (SSSR count). The van der Waals surface area contributed by atoms with Crippen LogP contribution in [0.1, 0.15) is 107 Å². The number of fused-ring (bicyclic) bond motifs is 3. The van der Waals surface area contributed by atoms with E-state index in [0.717, 1.165) is 78.4 Å². The minimum absolute atomic E-state index is 0. The Bertz CT molecular complexity index is 3670. The zero-order chi connectivity index (χ0) is 50.4. The number of rotatable bonds is 7. The number of nitrogens with zero attached hydrogens (tertiary/aromatic N) is 3. The van der Waals surface area contributed by atoms with E-state index in [0.29, 0.717) is 39.9 Å². The van der Waals surface area contributed by atoms with Crippen molar-refractivity contribution in [3.63, 3.8) is 0 Å². The van der Waals surface area contributed by atoms with Gasteiger partial charge in [0.05, 0.1) is 23.7 Å². The molecule has 0 aliphatic carbocycles. The minimum atomic E-state index is -0.359. The largest absolute Gasteiger partial charge is 0.507 e. The molecule has 3 heterocycles. The smallest absolute Gasteiger partial charge is 0.148 e. The Hall–Kier alpha value is -6.55. The molecule has 71 heavy (non-hydrogen) atoms. The van der Waals surface area contributed by atoms with Crippen LogP contribution < -0.4 is 0 Å². The molecule has 0 fully saturated rings. The summed E-state index contributed by atoms with van der Waals surface area (Å²) in [6.45, 7) is 26.6. The van der Waals surface area contributed by atoms with Gasteiger partial charge in [0, 0.05) is 55.0 Å². The molecular formula is C65H64N3O2Pt-. The maximum absolute atomic E-state index is 12.6. The van der Waals surface area contributed by atoms with Crippen LogP contribution in [0.2, 0.25) is 0 Å². The van der Waals surface area contributed by atoms with E-state index < -0.39 is 0 Å². The first-order chi connectivity index (χ1) is 33.5. The van der Waals surface area contributed by atoms with Gasteiger partial charge in [0.2, 0.25) is 0 Å². The molecule has 7 aromatic carbocycles. The summed E-state index contributed by atoms with van der Waals surface area (Å²) in [6.07, 6.45) is 2.71. The summed E-state index contributed by atoms with van der Waals surface area (Å²) < 4.78 is 18.4. The third-order valence-corrected chi connectivity index (χ3v) is 13.5. The normalized spacial score (nSPS) is 12.7. The van der Waals surface area contributed by atoms with Crippen LogP contribution in [0.15, 0.2) is 156 Å². The third-order valence-electron chi connectivity index (χ3n) is 13.5. The first kappa shape index (κ1) is 48.1. The van der Waals surface area contributed by atoms with Gasteiger partial charge in [-0.15, -0.1) is 17.7 Å². The average molecular weight is 1120 g/mol. The second-order valence-electron chi connectivity index (χ2n) is 23.4. The van der Waals surface area contributed by atoms with Crippen molar-refractivity contribution in [1.82, 2.24) is 14.5 Å². The summed E-state index contributed by atoms with van der Waals surface area (Å²) in [4.78, 5) is 10.7. The first-order valence-electron chi connectivity index (χ1n) is 25.1. The number of furan rings is 1. The second kappa shape index (κ2) is 18.2. The van der Waals surface area contributed by atoms with Gasteiger partial charge in [-0.2, -0.15) is 0 Å². The summed E-state index contributed by atoms with van der Waals surface area (Å²) in [5.41, 5.74) is 13.9. The summed E-state index contributed by atoms with van der Waals surface area (Å²) in [5, 5.41) is 15.3. The van der Waals surface area contributed by atoms with E-state index in [2.05, 4.69) is 227 Å². The Balaban J connectivity index is 0.00000640. The van der Waals surface area contributed by atoms with Crippen molar-refractivity contribution in [3.8, 4) is 67.7 Å². The number of phenols is 1. The average Bonchev–Trinajstić information content (AvgIpc) is 3.88. The zero-order valence-corrected chi connectivity index (χ0v) is 45.3. The number of aromatic nitrogens is 3. The van der Waals surface area contributed by atoms with Crippen LogP contribution in [0.25, 0.3) is 94.7 Å². The van der Waals surface area contributed by atoms with E-state index >= 15 is 0 Å². The molecule has 1 N–H and O–H groups in total. The fourth-order valence-corrected chi connectivity index (χ4v) is 9.79. The van der Waals surface area contributed by atoms with E-state index in [-0.39, 0.29) is 48.5 Å². The fourth-order valence-electron chi connectivity index (χ4n) is 9.79. The van der Waals surface area contributed by atoms with E-state index in [1.807, 2.05) is 6.07 Å². The number of imidazole rings is 1. The van der Waals surface area contributed by atoms with E-state index in [9.17, 15) is 6.48 Å². The molecule has 5 nitrogen and oxygen atoms in total. The molecule has 0 saturated carbocycles. The molecule has 6 heteroatoms. The molecule has 0 atom stereocenters. The number of pyridine rings is 1. The molecule has 0 spiro atoms. The molecule has 0 aliphatic heterocycles. The van der Waals surface area contributed by atoms with Crippen molar-refractivity contribution >= 4 is 32.8 Å². The molecule has 362 valence electrons. The number of hydrogen-bond donors (Lipinski definition) is 1. The first-order valence-corrected chi connectivity index (χ1v) is 24.6. The molecule has 0 radical (unpaired) electrons. The van der Waals surface area contributed by atoms with Crippen LogP contribution >= 0.6 is 0 Å². The molecule has 0 saturated heterocycles. The SMILES string of the molecule is [2H]c1c(-c2ccc(CC(C)(C)C)cc2)oc2ccnc(-c3[c-]c(-c4cccc5c4nc(-c4cc(C(C)(C)C)cc(C(C)(C)C)c4O)n5-c4ccc(C(C)(C)C)cc4-c4ccccc4)c4ccccc4c3)c12.[Pt]. The van der Waals surface area contributed by atoms with Gasteiger partial charge < -0.3 is 9.52 Å². The standard InChI is InChI=1S/C65H64N3O2.Pt/c1-62(2,3)39-40-25-27-42(28-26-40)57-38-51-56(70-57)31-32-66-58(51)44-33-43-21-16-17-22-47(43)50(34-44)48-23-18-24-55-59(48)67-61(52-36-46(64(7,8)9)37-53(60(52)69)65(10,11)12)68(55)54-30-29-45(63(4,5)6)35-49(54)41-19-14-13-15-20-41;/h13-33,35-38,69H,39H2,1-12H3;/q-1;/i38D;. The quantitative estimate of drug-likeness (QED) is 0.162. The Morgan fingerprint density at radius 2 is 1.32 bits per heavy atom. The van der Waals surface area contributed by atoms with E-state index in [4.69, 9.17) is 14.4 Å². The topological polar surface area (TPSA) is 64.1 Å². The van der Waals surface area contributed by atoms with Crippen LogP contribution in [0.3, 0.4) is 0 Å². The zero-order valence-electron chi connectivity index (χ0n) is 44.1. The molecule has 3 aromatic heterocycles. The van der Waals surface area contributed by atoms with Crippen LogP contribution in [-0.4, -0.2) is 19.6 Å². The molecule has 10 aromatic rings. The predicted octanol–water partition coefficient (Wildman–Crippen LogP) is 17.6. The van der Waals surface area contributed by atoms with E-state index in [1.54, 1.807) is 6.20 Å². The van der Waals surface area contributed by atoms with Gasteiger partial charge in [-0.25, -0.2) is 4.98 Å². The van der Waals surface area contributed by atoms with Gasteiger partial charge in [-0.3, -0.25) is 9.55 Å². The van der Waals surface area contributed by atoms with Crippen LogP contribution in [-0.2, 0) is 43.7 Å². The maximum atomic E-state index is 12.6. The monoisotopic (exact) mass is 1110 g/mol. The number of phenolic OH excluding ortho intramolecular Hbond substituents is 1. The Morgan fingerprint density at radius 1 is 0.634 bits per heavy atom.